The van der Waals surface area contributed by atoms with Crippen LogP contribution in [0.2, 0.25) is 0 Å². The molecule has 1 fully saturated rings. The zero-order valence-electron chi connectivity index (χ0n) is 8.55. The van der Waals surface area contributed by atoms with Crippen molar-refractivity contribution < 1.29 is 9.13 Å². The Bertz CT molecular complexity index is 155. The fourth-order valence-corrected chi connectivity index (χ4v) is 1.76. The molecule has 0 amide bonds. The van der Waals surface area contributed by atoms with Gasteiger partial charge in [-0.25, -0.2) is 4.39 Å². The Hall–Kier alpha value is -0.150. The van der Waals surface area contributed by atoms with E-state index >= 15 is 0 Å². The lowest BCUT2D eigenvalue weighted by molar-refractivity contribution is 0.00159. The van der Waals surface area contributed by atoms with Gasteiger partial charge in [-0.05, 0) is 18.8 Å². The first-order chi connectivity index (χ1) is 6.08. The van der Waals surface area contributed by atoms with Gasteiger partial charge in [-0.1, -0.05) is 13.8 Å². The molecule has 0 aromatic carbocycles. The third-order valence-corrected chi connectivity index (χ3v) is 2.95. The van der Waals surface area contributed by atoms with Gasteiger partial charge in [0.15, 0.2) is 0 Å². The zero-order chi connectivity index (χ0) is 9.90. The van der Waals surface area contributed by atoms with Crippen molar-refractivity contribution in [1.82, 2.24) is 0 Å². The molecule has 0 radical (unpaired) electrons. The summed E-state index contributed by atoms with van der Waals surface area (Å²) >= 11 is 0. The Labute approximate surface area is 79.6 Å². The van der Waals surface area contributed by atoms with Crippen molar-refractivity contribution in [3.8, 4) is 0 Å². The van der Waals surface area contributed by atoms with Gasteiger partial charge in [0.25, 0.3) is 0 Å². The van der Waals surface area contributed by atoms with Gasteiger partial charge >= 0.3 is 0 Å². The number of rotatable bonds is 3. The highest BCUT2D eigenvalue weighted by atomic mass is 19.1. The molecule has 2 N–H and O–H groups in total. The van der Waals surface area contributed by atoms with Gasteiger partial charge in [0.1, 0.15) is 6.17 Å². The molecule has 0 aromatic rings. The fourth-order valence-electron chi connectivity index (χ4n) is 1.76. The summed E-state index contributed by atoms with van der Waals surface area (Å²) < 4.78 is 19.1. The van der Waals surface area contributed by atoms with Crippen molar-refractivity contribution >= 4 is 0 Å². The smallest absolute Gasteiger partial charge is 0.109 e. The Morgan fingerprint density at radius 3 is 2.46 bits per heavy atom. The van der Waals surface area contributed by atoms with Crippen LogP contribution >= 0.6 is 0 Å². The van der Waals surface area contributed by atoms with E-state index in [9.17, 15) is 4.39 Å². The summed E-state index contributed by atoms with van der Waals surface area (Å²) in [5, 5.41) is 0. The van der Waals surface area contributed by atoms with Crippen LogP contribution in [0.4, 0.5) is 4.39 Å². The largest absolute Gasteiger partial charge is 0.381 e. The van der Waals surface area contributed by atoms with Gasteiger partial charge in [0.05, 0.1) is 0 Å². The number of nitrogens with two attached hydrogens (primary N) is 1. The maximum atomic E-state index is 13.9. The van der Waals surface area contributed by atoms with Crippen molar-refractivity contribution in [2.24, 2.45) is 17.1 Å². The van der Waals surface area contributed by atoms with Gasteiger partial charge in [-0.3, -0.25) is 0 Å². The summed E-state index contributed by atoms with van der Waals surface area (Å²) in [5.74, 6) is 0.146. The first kappa shape index (κ1) is 10.9. The van der Waals surface area contributed by atoms with E-state index in [-0.39, 0.29) is 11.3 Å². The molecule has 3 heteroatoms. The molecule has 0 aromatic heterocycles. The second-order valence-corrected chi connectivity index (χ2v) is 4.54. The molecule has 2 nitrogen and oxygen atoms in total. The normalized spacial score (nSPS) is 23.1. The average Bonchev–Trinajstić information content (AvgIpc) is 2.18. The number of halogens is 1. The topological polar surface area (TPSA) is 35.2 Å². The maximum absolute atomic E-state index is 13.9. The monoisotopic (exact) mass is 189 g/mol. The fraction of sp³-hybridized carbons (Fsp3) is 1.00. The molecule has 0 saturated carbocycles. The van der Waals surface area contributed by atoms with E-state index in [0.29, 0.717) is 19.8 Å². The standard InChI is InChI=1S/C10H20FNO/c1-10(2,7-12)9(11)8-3-5-13-6-4-8/h8-9H,3-7,12H2,1-2H3. The summed E-state index contributed by atoms with van der Waals surface area (Å²) in [6.07, 6.45) is 0.885. The lowest BCUT2D eigenvalue weighted by Gasteiger charge is -2.35. The van der Waals surface area contributed by atoms with Crippen LogP contribution in [-0.2, 0) is 4.74 Å². The van der Waals surface area contributed by atoms with Crippen LogP contribution in [0.3, 0.4) is 0 Å². The van der Waals surface area contributed by atoms with Crippen molar-refractivity contribution in [2.45, 2.75) is 32.9 Å². The minimum absolute atomic E-state index is 0.146. The quantitative estimate of drug-likeness (QED) is 0.734. The third kappa shape index (κ3) is 2.64. The van der Waals surface area contributed by atoms with Crippen LogP contribution in [0.25, 0.3) is 0 Å². The molecular formula is C10H20FNO. The molecule has 1 rings (SSSR count). The molecular weight excluding hydrogens is 169 g/mol. The Balaban J connectivity index is 2.49. The van der Waals surface area contributed by atoms with Gasteiger partial charge in [0.2, 0.25) is 0 Å². The highest BCUT2D eigenvalue weighted by Gasteiger charge is 2.35. The van der Waals surface area contributed by atoms with Gasteiger partial charge in [0, 0.05) is 25.2 Å². The van der Waals surface area contributed by atoms with E-state index in [1.807, 2.05) is 13.8 Å². The molecule has 1 unspecified atom stereocenters. The third-order valence-electron chi connectivity index (χ3n) is 2.95. The molecule has 1 aliphatic rings. The Morgan fingerprint density at radius 1 is 1.46 bits per heavy atom. The molecule has 1 heterocycles. The first-order valence-electron chi connectivity index (χ1n) is 5.00. The van der Waals surface area contributed by atoms with Gasteiger partial charge in [-0.2, -0.15) is 0 Å². The van der Waals surface area contributed by atoms with E-state index in [2.05, 4.69) is 0 Å². The van der Waals surface area contributed by atoms with Crippen LogP contribution in [0.15, 0.2) is 0 Å². The minimum Gasteiger partial charge on any atom is -0.381 e. The van der Waals surface area contributed by atoms with Crippen molar-refractivity contribution in [3.63, 3.8) is 0 Å². The lowest BCUT2D eigenvalue weighted by atomic mass is 9.78. The molecule has 0 aliphatic carbocycles. The maximum Gasteiger partial charge on any atom is 0.109 e. The van der Waals surface area contributed by atoms with Crippen LogP contribution in [-0.4, -0.2) is 25.9 Å². The summed E-state index contributed by atoms with van der Waals surface area (Å²) in [6.45, 7) is 5.60. The first-order valence-corrected chi connectivity index (χ1v) is 5.00. The molecule has 1 saturated heterocycles. The Morgan fingerprint density at radius 2 is 2.00 bits per heavy atom. The van der Waals surface area contributed by atoms with E-state index in [0.717, 1.165) is 12.8 Å². The highest BCUT2D eigenvalue weighted by molar-refractivity contribution is 4.85. The molecule has 1 aliphatic heterocycles. The van der Waals surface area contributed by atoms with Crippen LogP contribution in [0.5, 0.6) is 0 Å². The van der Waals surface area contributed by atoms with Crippen molar-refractivity contribution in [2.75, 3.05) is 19.8 Å². The van der Waals surface area contributed by atoms with Crippen LogP contribution in [0, 0.1) is 11.3 Å². The number of hydrogen-bond donors (Lipinski definition) is 1. The summed E-state index contributed by atoms with van der Waals surface area (Å²) in [5.41, 5.74) is 5.16. The summed E-state index contributed by atoms with van der Waals surface area (Å²) in [4.78, 5) is 0. The van der Waals surface area contributed by atoms with Crippen LogP contribution < -0.4 is 5.73 Å². The van der Waals surface area contributed by atoms with Crippen LogP contribution in [0.1, 0.15) is 26.7 Å². The van der Waals surface area contributed by atoms with Crippen molar-refractivity contribution in [3.05, 3.63) is 0 Å². The second kappa shape index (κ2) is 4.38. The molecule has 0 bridgehead atoms. The molecule has 1 atom stereocenters. The SMILES string of the molecule is CC(C)(CN)C(F)C1CCOCC1. The second-order valence-electron chi connectivity index (χ2n) is 4.54. The van der Waals surface area contributed by atoms with E-state index in [4.69, 9.17) is 10.5 Å². The molecule has 78 valence electrons. The average molecular weight is 189 g/mol. The van der Waals surface area contributed by atoms with E-state index in [1.165, 1.54) is 0 Å². The Kier molecular flexibility index (Phi) is 3.68. The lowest BCUT2D eigenvalue weighted by Crippen LogP contribution is -2.40. The zero-order valence-corrected chi connectivity index (χ0v) is 8.55. The molecule has 0 spiro atoms. The highest BCUT2D eigenvalue weighted by Crippen LogP contribution is 2.33. The van der Waals surface area contributed by atoms with Crippen molar-refractivity contribution in [1.29, 1.82) is 0 Å². The van der Waals surface area contributed by atoms with E-state index < -0.39 is 6.17 Å². The van der Waals surface area contributed by atoms with Gasteiger partial charge < -0.3 is 10.5 Å². The van der Waals surface area contributed by atoms with E-state index in [1.54, 1.807) is 0 Å². The number of alkyl halides is 1. The predicted octanol–water partition coefficient (Wildman–Crippen LogP) is 1.74. The minimum atomic E-state index is -0.790. The van der Waals surface area contributed by atoms with Gasteiger partial charge in [-0.15, -0.1) is 0 Å². The summed E-state index contributed by atoms with van der Waals surface area (Å²) in [6, 6.07) is 0. The number of hydrogen-bond acceptors (Lipinski definition) is 2. The predicted molar refractivity (Wildman–Crippen MR) is 51.3 cm³/mol. The number of ether oxygens (including phenoxy) is 1. The molecule has 13 heavy (non-hydrogen) atoms. The summed E-state index contributed by atoms with van der Waals surface area (Å²) in [7, 11) is 0.